The van der Waals surface area contributed by atoms with Crippen LogP contribution in [0.2, 0.25) is 5.28 Å². The van der Waals surface area contributed by atoms with E-state index in [2.05, 4.69) is 31.8 Å². The van der Waals surface area contributed by atoms with Crippen molar-refractivity contribution in [1.82, 2.24) is 19.5 Å². The molecule has 0 saturated heterocycles. The van der Waals surface area contributed by atoms with Crippen LogP contribution in [0.4, 0.5) is 5.82 Å². The summed E-state index contributed by atoms with van der Waals surface area (Å²) in [4.78, 5) is 13.3. The zero-order valence-corrected chi connectivity index (χ0v) is 15.4. The molecule has 5 nitrogen and oxygen atoms in total. The van der Waals surface area contributed by atoms with Crippen molar-refractivity contribution in [2.24, 2.45) is 5.92 Å². The molecule has 0 aliphatic heterocycles. The van der Waals surface area contributed by atoms with E-state index in [0.717, 1.165) is 42.4 Å². The van der Waals surface area contributed by atoms with Crippen LogP contribution in [-0.2, 0) is 6.54 Å². The zero-order chi connectivity index (χ0) is 16.8. The van der Waals surface area contributed by atoms with Crippen molar-refractivity contribution in [3.05, 3.63) is 11.6 Å². The molecule has 2 heterocycles. The molecule has 0 spiro atoms. The molecule has 2 aromatic rings. The van der Waals surface area contributed by atoms with Crippen molar-refractivity contribution in [2.75, 3.05) is 11.9 Å². The number of rotatable bonds is 8. The van der Waals surface area contributed by atoms with Gasteiger partial charge in [0.1, 0.15) is 0 Å². The molecule has 0 aromatic carbocycles. The predicted octanol–water partition coefficient (Wildman–Crippen LogP) is 5.05. The van der Waals surface area contributed by atoms with Gasteiger partial charge in [-0.05, 0) is 36.8 Å². The fraction of sp³-hybridized carbons (Fsp3) is 0.722. The number of hydrogen-bond donors (Lipinski definition) is 1. The minimum absolute atomic E-state index is 0.295. The number of halogens is 1. The average molecular weight is 350 g/mol. The third kappa shape index (κ3) is 4.38. The van der Waals surface area contributed by atoms with Crippen LogP contribution in [-0.4, -0.2) is 26.1 Å². The first kappa shape index (κ1) is 17.5. The van der Waals surface area contributed by atoms with Gasteiger partial charge in [-0.25, -0.2) is 4.98 Å². The topological polar surface area (TPSA) is 55.6 Å². The molecule has 0 bridgehead atoms. The number of hydrogen-bond acceptors (Lipinski definition) is 4. The predicted molar refractivity (Wildman–Crippen MR) is 99.5 cm³/mol. The smallest absolute Gasteiger partial charge is 0.226 e. The van der Waals surface area contributed by atoms with E-state index < -0.39 is 0 Å². The van der Waals surface area contributed by atoms with Crippen LogP contribution in [0.15, 0.2) is 6.33 Å². The van der Waals surface area contributed by atoms with E-state index in [1.807, 2.05) is 6.33 Å². The molecular weight excluding hydrogens is 322 g/mol. The molecule has 24 heavy (non-hydrogen) atoms. The molecule has 6 heteroatoms. The summed E-state index contributed by atoms with van der Waals surface area (Å²) in [5, 5.41) is 3.69. The van der Waals surface area contributed by atoms with E-state index in [1.54, 1.807) is 0 Å². The summed E-state index contributed by atoms with van der Waals surface area (Å²) in [5.74, 6) is 1.50. The highest BCUT2D eigenvalue weighted by atomic mass is 35.5. The van der Waals surface area contributed by atoms with Gasteiger partial charge in [0.05, 0.1) is 6.33 Å². The Morgan fingerprint density at radius 1 is 1.17 bits per heavy atom. The molecule has 1 fully saturated rings. The number of nitrogens with one attached hydrogen (secondary N) is 1. The lowest BCUT2D eigenvalue weighted by molar-refractivity contribution is 0.321. The highest BCUT2D eigenvalue weighted by Gasteiger charge is 2.17. The zero-order valence-electron chi connectivity index (χ0n) is 14.6. The lowest BCUT2D eigenvalue weighted by atomic mass is 9.89. The minimum atomic E-state index is 0.295. The van der Waals surface area contributed by atoms with Crippen LogP contribution in [0.25, 0.3) is 11.2 Å². The van der Waals surface area contributed by atoms with Gasteiger partial charge in [0.25, 0.3) is 0 Å². The van der Waals surface area contributed by atoms with Gasteiger partial charge in [-0.2, -0.15) is 9.97 Å². The third-order valence-electron chi connectivity index (χ3n) is 4.94. The van der Waals surface area contributed by atoms with E-state index in [-0.39, 0.29) is 0 Å². The Kier molecular flexibility index (Phi) is 6.30. The first-order valence-corrected chi connectivity index (χ1v) is 9.78. The van der Waals surface area contributed by atoms with Gasteiger partial charge in [0.15, 0.2) is 17.0 Å². The van der Waals surface area contributed by atoms with Crippen molar-refractivity contribution in [3.63, 3.8) is 0 Å². The largest absolute Gasteiger partial charge is 0.368 e. The van der Waals surface area contributed by atoms with Crippen molar-refractivity contribution < 1.29 is 0 Å². The van der Waals surface area contributed by atoms with Gasteiger partial charge >= 0.3 is 0 Å². The molecule has 1 N–H and O–H groups in total. The van der Waals surface area contributed by atoms with Crippen LogP contribution in [0.5, 0.6) is 0 Å². The van der Waals surface area contributed by atoms with Crippen LogP contribution < -0.4 is 5.32 Å². The quantitative estimate of drug-likeness (QED) is 0.535. The maximum absolute atomic E-state index is 6.15. The first-order valence-electron chi connectivity index (χ1n) is 9.40. The van der Waals surface area contributed by atoms with Crippen molar-refractivity contribution in [1.29, 1.82) is 0 Å². The van der Waals surface area contributed by atoms with E-state index in [9.17, 15) is 0 Å². The number of anilines is 1. The molecular formula is C18H28ClN5. The summed E-state index contributed by atoms with van der Waals surface area (Å²) in [5.41, 5.74) is 1.70. The van der Waals surface area contributed by atoms with Crippen LogP contribution in [0.1, 0.15) is 64.7 Å². The lowest BCUT2D eigenvalue weighted by Gasteiger charge is -2.21. The van der Waals surface area contributed by atoms with Crippen LogP contribution >= 0.6 is 11.6 Å². The van der Waals surface area contributed by atoms with Gasteiger partial charge in [0.2, 0.25) is 5.28 Å². The summed E-state index contributed by atoms with van der Waals surface area (Å²) in [6.45, 7) is 4.11. The number of unbranched alkanes of at least 4 members (excludes halogenated alkanes) is 3. The molecule has 1 aliphatic rings. The highest BCUT2D eigenvalue weighted by Crippen LogP contribution is 2.27. The lowest BCUT2D eigenvalue weighted by Crippen LogP contribution is -2.14. The van der Waals surface area contributed by atoms with Crippen molar-refractivity contribution >= 4 is 28.6 Å². The SMILES string of the molecule is CCCCCCNc1nc(Cl)nc2c1ncn2CC1CCCCC1. The summed E-state index contributed by atoms with van der Waals surface area (Å²) in [6, 6.07) is 0. The second kappa shape index (κ2) is 8.65. The molecule has 3 rings (SSSR count). The van der Waals surface area contributed by atoms with Gasteiger partial charge in [-0.1, -0.05) is 45.4 Å². The average Bonchev–Trinajstić information content (AvgIpc) is 2.98. The molecule has 0 amide bonds. The fourth-order valence-electron chi connectivity index (χ4n) is 3.58. The molecule has 0 atom stereocenters. The van der Waals surface area contributed by atoms with Crippen LogP contribution in [0, 0.1) is 5.92 Å². The van der Waals surface area contributed by atoms with E-state index >= 15 is 0 Å². The van der Waals surface area contributed by atoms with Gasteiger partial charge < -0.3 is 9.88 Å². The Labute approximate surface area is 149 Å². The third-order valence-corrected chi connectivity index (χ3v) is 5.11. The summed E-state index contributed by atoms with van der Waals surface area (Å²) < 4.78 is 2.15. The molecule has 0 unspecified atom stereocenters. The summed E-state index contributed by atoms with van der Waals surface area (Å²) in [7, 11) is 0. The monoisotopic (exact) mass is 349 g/mol. The molecule has 2 aromatic heterocycles. The van der Waals surface area contributed by atoms with Gasteiger partial charge in [-0.3, -0.25) is 0 Å². The Hall–Kier alpha value is -1.36. The molecule has 132 valence electrons. The maximum atomic E-state index is 6.15. The van der Waals surface area contributed by atoms with E-state index in [1.165, 1.54) is 51.4 Å². The highest BCUT2D eigenvalue weighted by molar-refractivity contribution is 6.28. The summed E-state index contributed by atoms with van der Waals surface area (Å²) in [6.07, 6.45) is 13.5. The van der Waals surface area contributed by atoms with E-state index in [0.29, 0.717) is 5.28 Å². The Morgan fingerprint density at radius 2 is 2.00 bits per heavy atom. The van der Waals surface area contributed by atoms with Gasteiger partial charge in [0, 0.05) is 13.1 Å². The second-order valence-corrected chi connectivity index (χ2v) is 7.24. The Balaban J connectivity index is 1.71. The molecule has 0 radical (unpaired) electrons. The standard InChI is InChI=1S/C18H28ClN5/c1-2-3-4-8-11-20-16-15-17(23-18(19)22-16)24(13-21-15)12-14-9-6-5-7-10-14/h13-14H,2-12H2,1H3,(H,20,22,23). The Morgan fingerprint density at radius 3 is 2.79 bits per heavy atom. The minimum Gasteiger partial charge on any atom is -0.368 e. The molecule has 1 aliphatic carbocycles. The Bertz CT molecular complexity index is 648. The second-order valence-electron chi connectivity index (χ2n) is 6.90. The number of fused-ring (bicyclic) bond motifs is 1. The fourth-order valence-corrected chi connectivity index (χ4v) is 3.75. The molecule has 1 saturated carbocycles. The van der Waals surface area contributed by atoms with E-state index in [4.69, 9.17) is 11.6 Å². The normalized spacial score (nSPS) is 15.9. The number of aromatic nitrogens is 4. The number of nitrogens with zero attached hydrogens (tertiary/aromatic N) is 4. The maximum Gasteiger partial charge on any atom is 0.226 e. The van der Waals surface area contributed by atoms with Crippen molar-refractivity contribution in [2.45, 2.75) is 71.3 Å². The first-order chi connectivity index (χ1) is 11.8. The van der Waals surface area contributed by atoms with Crippen molar-refractivity contribution in [3.8, 4) is 0 Å². The van der Waals surface area contributed by atoms with Crippen LogP contribution in [0.3, 0.4) is 0 Å². The number of imidazole rings is 1. The van der Waals surface area contributed by atoms with Gasteiger partial charge in [-0.15, -0.1) is 0 Å². The summed E-state index contributed by atoms with van der Waals surface area (Å²) >= 11 is 6.15.